The molecule has 1 unspecified atom stereocenters. The van der Waals surface area contributed by atoms with Crippen molar-refractivity contribution in [3.05, 3.63) is 0 Å². The minimum absolute atomic E-state index is 0.00173. The highest BCUT2D eigenvalue weighted by Crippen LogP contribution is 2.35. The van der Waals surface area contributed by atoms with Gasteiger partial charge in [-0.2, -0.15) is 0 Å². The third kappa shape index (κ3) is 2.57. The quantitative estimate of drug-likeness (QED) is 0.715. The van der Waals surface area contributed by atoms with Gasteiger partial charge in [0, 0.05) is 0 Å². The van der Waals surface area contributed by atoms with Crippen LogP contribution in [-0.2, 0) is 14.4 Å². The van der Waals surface area contributed by atoms with Crippen molar-refractivity contribution >= 4 is 17.7 Å². The molecule has 2 heterocycles. The van der Waals surface area contributed by atoms with Crippen LogP contribution in [0.25, 0.3) is 0 Å². The highest BCUT2D eigenvalue weighted by Gasteiger charge is 2.45. The number of carbonyl (C=O) groups excluding carboxylic acids is 3. The third-order valence-corrected chi connectivity index (χ3v) is 4.59. The Morgan fingerprint density at radius 1 is 1.30 bits per heavy atom. The lowest BCUT2D eigenvalue weighted by Crippen LogP contribution is -2.62. The van der Waals surface area contributed by atoms with Crippen LogP contribution in [0.1, 0.15) is 39.5 Å². The Morgan fingerprint density at radius 2 is 1.95 bits per heavy atom. The van der Waals surface area contributed by atoms with Crippen LogP contribution in [0.3, 0.4) is 0 Å². The lowest BCUT2D eigenvalue weighted by Gasteiger charge is -2.43. The first-order valence-corrected chi connectivity index (χ1v) is 7.39. The van der Waals surface area contributed by atoms with Crippen LogP contribution in [-0.4, -0.2) is 48.3 Å². The number of amides is 3. The van der Waals surface area contributed by atoms with Gasteiger partial charge >= 0.3 is 0 Å². The van der Waals surface area contributed by atoms with Gasteiger partial charge in [0.1, 0.15) is 12.6 Å². The zero-order valence-corrected chi connectivity index (χ0v) is 12.2. The van der Waals surface area contributed by atoms with Crippen molar-refractivity contribution in [3.63, 3.8) is 0 Å². The highest BCUT2D eigenvalue weighted by molar-refractivity contribution is 6.04. The molecule has 0 aromatic heterocycles. The predicted molar refractivity (Wildman–Crippen MR) is 73.8 cm³/mol. The number of imide groups is 1. The average molecular weight is 281 g/mol. The average Bonchev–Trinajstić information content (AvgIpc) is 2.46. The molecule has 0 aromatic rings. The zero-order chi connectivity index (χ0) is 14.8. The van der Waals surface area contributed by atoms with E-state index in [1.165, 1.54) is 4.90 Å². The Morgan fingerprint density at radius 3 is 2.50 bits per heavy atom. The number of nitrogens with zero attached hydrogens (tertiary/aromatic N) is 1. The number of hydrogen-bond donors (Lipinski definition) is 2. The molecule has 3 amide bonds. The van der Waals surface area contributed by atoms with Gasteiger partial charge in [0.05, 0.1) is 5.41 Å². The van der Waals surface area contributed by atoms with Crippen molar-refractivity contribution in [1.29, 1.82) is 0 Å². The highest BCUT2D eigenvalue weighted by atomic mass is 16.2. The molecule has 0 spiro atoms. The van der Waals surface area contributed by atoms with E-state index in [1.807, 2.05) is 13.8 Å². The number of nitrogens with one attached hydrogen (secondary N) is 2. The molecule has 0 saturated carbocycles. The molecule has 2 N–H and O–H groups in total. The molecule has 0 radical (unpaired) electrons. The number of carbonyl (C=O) groups is 3. The molecule has 0 aromatic carbocycles. The summed E-state index contributed by atoms with van der Waals surface area (Å²) in [6.45, 7) is 5.49. The summed E-state index contributed by atoms with van der Waals surface area (Å²) in [5, 5.41) is 5.57. The number of piperidine rings is 1. The summed E-state index contributed by atoms with van der Waals surface area (Å²) >= 11 is 0. The van der Waals surface area contributed by atoms with Crippen LogP contribution in [0.4, 0.5) is 0 Å². The topological polar surface area (TPSA) is 78.5 Å². The molecule has 112 valence electrons. The monoisotopic (exact) mass is 281 g/mol. The van der Waals surface area contributed by atoms with Crippen LogP contribution in [0.5, 0.6) is 0 Å². The molecule has 0 bridgehead atoms. The summed E-state index contributed by atoms with van der Waals surface area (Å²) in [4.78, 5) is 37.9. The van der Waals surface area contributed by atoms with Gasteiger partial charge < -0.3 is 10.2 Å². The van der Waals surface area contributed by atoms with Crippen molar-refractivity contribution < 1.29 is 14.4 Å². The van der Waals surface area contributed by atoms with E-state index in [2.05, 4.69) is 10.6 Å². The largest absolute Gasteiger partial charge is 0.321 e. The minimum atomic E-state index is -0.515. The molecule has 1 atom stereocenters. The molecule has 2 fully saturated rings. The van der Waals surface area contributed by atoms with Crippen LogP contribution in [0.15, 0.2) is 0 Å². The Kier molecular flexibility index (Phi) is 4.42. The number of hydrogen-bond acceptors (Lipinski definition) is 4. The van der Waals surface area contributed by atoms with Gasteiger partial charge in [0.25, 0.3) is 0 Å². The predicted octanol–water partition coefficient (Wildman–Crippen LogP) is 0.0298. The van der Waals surface area contributed by atoms with Gasteiger partial charge in [0.2, 0.25) is 17.7 Å². The normalized spacial score (nSPS) is 26.3. The van der Waals surface area contributed by atoms with Gasteiger partial charge in [-0.1, -0.05) is 13.8 Å². The van der Waals surface area contributed by atoms with Crippen LogP contribution >= 0.6 is 0 Å². The standard InChI is InChI=1S/C14H23N3O3/c1-3-10-12(19)16-11(18)9-17(10)13(20)14(4-2)5-7-15-8-6-14/h10,15H,3-9H2,1-2H3,(H,16,18,19). The second-order valence-corrected chi connectivity index (χ2v) is 5.65. The molecular formula is C14H23N3O3. The van der Waals surface area contributed by atoms with E-state index in [0.29, 0.717) is 6.42 Å². The van der Waals surface area contributed by atoms with E-state index < -0.39 is 11.5 Å². The summed E-state index contributed by atoms with van der Waals surface area (Å²) < 4.78 is 0. The number of rotatable bonds is 3. The molecule has 2 aliphatic rings. The molecule has 2 aliphatic heterocycles. The maximum absolute atomic E-state index is 12.9. The van der Waals surface area contributed by atoms with E-state index in [1.54, 1.807) is 0 Å². The summed E-state index contributed by atoms with van der Waals surface area (Å²) in [5.41, 5.74) is -0.420. The van der Waals surface area contributed by atoms with Crippen LogP contribution < -0.4 is 10.6 Å². The van der Waals surface area contributed by atoms with E-state index in [9.17, 15) is 14.4 Å². The molecule has 6 heteroatoms. The lowest BCUT2D eigenvalue weighted by atomic mass is 9.75. The maximum Gasteiger partial charge on any atom is 0.249 e. The summed E-state index contributed by atoms with van der Waals surface area (Å²) in [5.74, 6) is -0.762. The fourth-order valence-electron chi connectivity index (χ4n) is 3.21. The van der Waals surface area contributed by atoms with Gasteiger partial charge in [-0.3, -0.25) is 19.7 Å². The summed E-state index contributed by atoms with van der Waals surface area (Å²) in [7, 11) is 0. The molecule has 2 saturated heterocycles. The Labute approximate surface area is 119 Å². The molecule has 0 aliphatic carbocycles. The van der Waals surface area contributed by atoms with E-state index in [4.69, 9.17) is 0 Å². The van der Waals surface area contributed by atoms with E-state index in [0.717, 1.165) is 32.4 Å². The van der Waals surface area contributed by atoms with E-state index in [-0.39, 0.29) is 24.3 Å². The second-order valence-electron chi connectivity index (χ2n) is 5.65. The van der Waals surface area contributed by atoms with Gasteiger partial charge in [-0.25, -0.2) is 0 Å². The van der Waals surface area contributed by atoms with E-state index >= 15 is 0 Å². The van der Waals surface area contributed by atoms with Crippen molar-refractivity contribution in [2.75, 3.05) is 19.6 Å². The maximum atomic E-state index is 12.9. The van der Waals surface area contributed by atoms with Crippen molar-refractivity contribution in [2.24, 2.45) is 5.41 Å². The van der Waals surface area contributed by atoms with Gasteiger partial charge in [-0.05, 0) is 38.8 Å². The molecule has 6 nitrogen and oxygen atoms in total. The van der Waals surface area contributed by atoms with Gasteiger partial charge in [0.15, 0.2) is 0 Å². The summed E-state index contributed by atoms with van der Waals surface area (Å²) in [6, 6.07) is -0.515. The summed E-state index contributed by atoms with van der Waals surface area (Å²) in [6.07, 6.45) is 2.81. The SMILES string of the molecule is CCC1C(=O)NC(=O)CN1C(=O)C1(CC)CCNCC1. The zero-order valence-electron chi connectivity index (χ0n) is 12.2. The number of piperazine rings is 1. The first kappa shape index (κ1) is 15.0. The Balaban J connectivity index is 2.24. The third-order valence-electron chi connectivity index (χ3n) is 4.59. The molecular weight excluding hydrogens is 258 g/mol. The van der Waals surface area contributed by atoms with Crippen molar-refractivity contribution in [1.82, 2.24) is 15.5 Å². The lowest BCUT2D eigenvalue weighted by molar-refractivity contribution is -0.157. The van der Waals surface area contributed by atoms with Crippen LogP contribution in [0.2, 0.25) is 0 Å². The molecule has 2 rings (SSSR count). The first-order valence-electron chi connectivity index (χ1n) is 7.39. The molecule has 20 heavy (non-hydrogen) atoms. The second kappa shape index (κ2) is 5.91. The van der Waals surface area contributed by atoms with Gasteiger partial charge in [-0.15, -0.1) is 0 Å². The smallest absolute Gasteiger partial charge is 0.249 e. The minimum Gasteiger partial charge on any atom is -0.321 e. The van der Waals surface area contributed by atoms with Crippen molar-refractivity contribution in [2.45, 2.75) is 45.6 Å². The Bertz CT molecular complexity index is 416. The fraction of sp³-hybridized carbons (Fsp3) is 0.786. The van der Waals surface area contributed by atoms with Crippen LogP contribution in [0, 0.1) is 5.41 Å². The first-order chi connectivity index (χ1) is 9.54. The fourth-order valence-corrected chi connectivity index (χ4v) is 3.21. The Hall–Kier alpha value is -1.43. The van der Waals surface area contributed by atoms with Crippen molar-refractivity contribution in [3.8, 4) is 0 Å².